The van der Waals surface area contributed by atoms with E-state index in [1.165, 1.54) is 19.3 Å². The molecule has 0 amide bonds. The summed E-state index contributed by atoms with van der Waals surface area (Å²) in [6.45, 7) is 5.77. The molecule has 0 aromatic carbocycles. The topological polar surface area (TPSA) is 58.9 Å². The number of aliphatic hydroxyl groups excluding tert-OH is 2. The number of fused-ring (bicyclic) bond motifs is 2. The lowest BCUT2D eigenvalue weighted by molar-refractivity contribution is -0.384. The second-order valence-electron chi connectivity index (χ2n) is 9.09. The summed E-state index contributed by atoms with van der Waals surface area (Å²) in [4.78, 5) is 0. The summed E-state index contributed by atoms with van der Waals surface area (Å²) in [6, 6.07) is 0. The first-order valence-electron chi connectivity index (χ1n) is 10.7. The fourth-order valence-electron chi connectivity index (χ4n) is 6.52. The molecule has 4 aliphatic rings. The van der Waals surface area contributed by atoms with Crippen molar-refractivity contribution < 1.29 is 19.7 Å². The quantitative estimate of drug-likeness (QED) is 0.741. The van der Waals surface area contributed by atoms with Crippen molar-refractivity contribution in [2.75, 3.05) is 13.2 Å². The van der Waals surface area contributed by atoms with Crippen molar-refractivity contribution in [3.05, 3.63) is 0 Å². The molecule has 0 radical (unpaired) electrons. The minimum Gasteiger partial charge on any atom is -0.392 e. The van der Waals surface area contributed by atoms with Gasteiger partial charge in [0.2, 0.25) is 0 Å². The van der Waals surface area contributed by atoms with Crippen molar-refractivity contribution in [3.8, 4) is 11.8 Å². The summed E-state index contributed by atoms with van der Waals surface area (Å²) in [5.74, 6) is 6.77. The Morgan fingerprint density at radius 2 is 1.81 bits per heavy atom. The molecule has 0 bridgehead atoms. The highest BCUT2D eigenvalue weighted by atomic mass is 16.7. The van der Waals surface area contributed by atoms with E-state index in [0.717, 1.165) is 32.1 Å². The zero-order chi connectivity index (χ0) is 18.4. The minimum absolute atomic E-state index is 0.0848. The molecule has 1 heterocycles. The van der Waals surface area contributed by atoms with Gasteiger partial charge in [0.15, 0.2) is 5.79 Å². The lowest BCUT2D eigenvalue weighted by Crippen LogP contribution is -2.74. The van der Waals surface area contributed by atoms with Gasteiger partial charge in [-0.1, -0.05) is 45.0 Å². The van der Waals surface area contributed by atoms with Crippen molar-refractivity contribution in [1.82, 2.24) is 0 Å². The molecule has 3 saturated carbocycles. The number of aliphatic hydroxyl groups is 2. The van der Waals surface area contributed by atoms with Gasteiger partial charge in [-0.05, 0) is 43.9 Å². The Morgan fingerprint density at radius 3 is 2.46 bits per heavy atom. The van der Waals surface area contributed by atoms with Crippen molar-refractivity contribution in [3.63, 3.8) is 0 Å². The van der Waals surface area contributed by atoms with E-state index in [-0.39, 0.29) is 23.2 Å². The first kappa shape index (κ1) is 18.7. The summed E-state index contributed by atoms with van der Waals surface area (Å²) in [5.41, 5.74) is -0.0848. The van der Waals surface area contributed by atoms with Gasteiger partial charge in [-0.3, -0.25) is 0 Å². The third kappa shape index (κ3) is 2.66. The molecule has 4 heteroatoms. The van der Waals surface area contributed by atoms with Crippen LogP contribution >= 0.6 is 0 Å². The van der Waals surface area contributed by atoms with Crippen LogP contribution < -0.4 is 0 Å². The van der Waals surface area contributed by atoms with E-state index >= 15 is 0 Å². The smallest absolute Gasteiger partial charge is 0.177 e. The van der Waals surface area contributed by atoms with Crippen molar-refractivity contribution >= 4 is 0 Å². The van der Waals surface area contributed by atoms with E-state index in [1.54, 1.807) is 0 Å². The SMILES string of the molecule is CCC1[C@H]2[C@H](C#C[C@@H](O)C3CCCCC3)[C@@H](O)CC[C@@]2(C)C12OCCO2. The Morgan fingerprint density at radius 1 is 1.12 bits per heavy atom. The average Bonchev–Trinajstić information content (AvgIpc) is 3.18. The van der Waals surface area contributed by atoms with Crippen LogP contribution in [0.4, 0.5) is 0 Å². The number of hydrogen-bond donors (Lipinski definition) is 2. The molecular formula is C22H34O4. The highest BCUT2D eigenvalue weighted by Crippen LogP contribution is 2.70. The van der Waals surface area contributed by atoms with Gasteiger partial charge < -0.3 is 19.7 Å². The van der Waals surface area contributed by atoms with Gasteiger partial charge in [0.25, 0.3) is 0 Å². The Kier molecular flexibility index (Phi) is 5.11. The van der Waals surface area contributed by atoms with Crippen LogP contribution in [0.2, 0.25) is 0 Å². The van der Waals surface area contributed by atoms with E-state index in [1.807, 2.05) is 0 Å². The molecule has 4 nitrogen and oxygen atoms in total. The Labute approximate surface area is 157 Å². The fourth-order valence-corrected chi connectivity index (χ4v) is 6.52. The summed E-state index contributed by atoms with van der Waals surface area (Å²) in [7, 11) is 0. The maximum absolute atomic E-state index is 10.7. The van der Waals surface area contributed by atoms with Crippen LogP contribution in [0.1, 0.15) is 65.2 Å². The zero-order valence-corrected chi connectivity index (χ0v) is 16.2. The lowest BCUT2D eigenvalue weighted by Gasteiger charge is -2.68. The van der Waals surface area contributed by atoms with Crippen molar-refractivity contribution in [2.45, 2.75) is 83.2 Å². The second kappa shape index (κ2) is 7.09. The van der Waals surface area contributed by atoms with Gasteiger partial charge in [0, 0.05) is 11.3 Å². The zero-order valence-electron chi connectivity index (χ0n) is 16.2. The lowest BCUT2D eigenvalue weighted by atomic mass is 9.41. The Hall–Kier alpha value is -0.600. The molecule has 1 unspecified atom stereocenters. The normalized spacial score (nSPS) is 43.2. The monoisotopic (exact) mass is 362 g/mol. The summed E-state index contributed by atoms with van der Waals surface area (Å²) < 4.78 is 12.3. The summed E-state index contributed by atoms with van der Waals surface area (Å²) in [6.07, 6.45) is 7.48. The Bertz CT molecular complexity index is 566. The number of hydrogen-bond acceptors (Lipinski definition) is 4. The van der Waals surface area contributed by atoms with Crippen LogP contribution in [0.3, 0.4) is 0 Å². The van der Waals surface area contributed by atoms with Crippen LogP contribution in [0.25, 0.3) is 0 Å². The first-order valence-corrected chi connectivity index (χ1v) is 10.7. The van der Waals surface area contributed by atoms with E-state index in [0.29, 0.717) is 19.1 Å². The predicted octanol–water partition coefficient (Wildman–Crippen LogP) is 3.11. The average molecular weight is 363 g/mol. The standard InChI is InChI=1S/C22H34O4/c1-3-17-20-16(9-10-18(23)15-7-5-4-6-8-15)19(24)11-12-21(20,2)22(17)25-13-14-26-22/h15-20,23-24H,3-8,11-14H2,1-2H3/t16-,17?,18-,19+,20-,21-/m1/s1. The molecule has 0 aromatic heterocycles. The molecule has 3 aliphatic carbocycles. The molecule has 1 aliphatic heterocycles. The fraction of sp³-hybridized carbons (Fsp3) is 0.909. The van der Waals surface area contributed by atoms with Gasteiger partial charge in [0.05, 0.1) is 25.2 Å². The van der Waals surface area contributed by atoms with Crippen LogP contribution in [-0.2, 0) is 9.47 Å². The van der Waals surface area contributed by atoms with Gasteiger partial charge in [-0.2, -0.15) is 0 Å². The molecule has 0 aromatic rings. The largest absolute Gasteiger partial charge is 0.392 e. The van der Waals surface area contributed by atoms with Gasteiger partial charge in [-0.25, -0.2) is 0 Å². The van der Waals surface area contributed by atoms with Gasteiger partial charge in [0.1, 0.15) is 6.10 Å². The molecule has 26 heavy (non-hydrogen) atoms. The second-order valence-corrected chi connectivity index (χ2v) is 9.09. The molecule has 4 rings (SSSR count). The molecule has 4 fully saturated rings. The highest BCUT2D eigenvalue weighted by Gasteiger charge is 2.75. The van der Waals surface area contributed by atoms with Crippen LogP contribution in [0.5, 0.6) is 0 Å². The summed E-state index contributed by atoms with van der Waals surface area (Å²) >= 11 is 0. The maximum Gasteiger partial charge on any atom is 0.177 e. The molecular weight excluding hydrogens is 328 g/mol. The van der Waals surface area contributed by atoms with E-state index in [4.69, 9.17) is 9.47 Å². The van der Waals surface area contributed by atoms with Crippen LogP contribution in [0, 0.1) is 40.9 Å². The third-order valence-corrected chi connectivity index (χ3v) is 7.86. The molecule has 146 valence electrons. The maximum atomic E-state index is 10.7. The van der Waals surface area contributed by atoms with Crippen LogP contribution in [-0.4, -0.2) is 41.4 Å². The molecule has 2 N–H and O–H groups in total. The van der Waals surface area contributed by atoms with Crippen molar-refractivity contribution in [2.24, 2.45) is 29.1 Å². The van der Waals surface area contributed by atoms with Gasteiger partial charge >= 0.3 is 0 Å². The third-order valence-electron chi connectivity index (χ3n) is 7.86. The highest BCUT2D eigenvalue weighted by molar-refractivity contribution is 5.24. The Balaban J connectivity index is 1.55. The van der Waals surface area contributed by atoms with Crippen molar-refractivity contribution in [1.29, 1.82) is 0 Å². The van der Waals surface area contributed by atoms with E-state index in [2.05, 4.69) is 25.7 Å². The van der Waals surface area contributed by atoms with Gasteiger partial charge in [-0.15, -0.1) is 0 Å². The predicted molar refractivity (Wildman–Crippen MR) is 99.1 cm³/mol. The molecule has 1 saturated heterocycles. The van der Waals surface area contributed by atoms with E-state index in [9.17, 15) is 10.2 Å². The first-order chi connectivity index (χ1) is 12.5. The van der Waals surface area contributed by atoms with E-state index < -0.39 is 18.0 Å². The molecule has 1 spiro atoms. The van der Waals surface area contributed by atoms with Crippen LogP contribution in [0.15, 0.2) is 0 Å². The summed E-state index contributed by atoms with van der Waals surface area (Å²) in [5, 5.41) is 21.3. The molecule has 6 atom stereocenters. The number of ether oxygens (including phenoxy) is 2. The number of rotatable bonds is 2. The minimum atomic E-state index is -0.552.